The summed E-state index contributed by atoms with van der Waals surface area (Å²) in [7, 11) is 1.73. The van der Waals surface area contributed by atoms with Crippen molar-refractivity contribution in [2.75, 3.05) is 33.3 Å². The van der Waals surface area contributed by atoms with Crippen LogP contribution in [0.1, 0.15) is 42.7 Å². The number of hydrogen-bond donors (Lipinski definition) is 1. The van der Waals surface area contributed by atoms with Gasteiger partial charge in [0.05, 0.1) is 7.11 Å². The monoisotopic (exact) mass is 440 g/mol. The maximum Gasteiger partial charge on any atom is 0.126 e. The van der Waals surface area contributed by atoms with E-state index in [0.29, 0.717) is 5.92 Å². The molecule has 2 aliphatic rings. The van der Waals surface area contributed by atoms with Crippen molar-refractivity contribution >= 4 is 24.8 Å². The Kier molecular flexibility index (Phi) is 8.77. The number of ether oxygens (including phenoxy) is 1. The summed E-state index contributed by atoms with van der Waals surface area (Å²) < 4.78 is 19.8. The van der Waals surface area contributed by atoms with Crippen molar-refractivity contribution in [3.05, 3.63) is 65.5 Å². The highest BCUT2D eigenvalue weighted by Crippen LogP contribution is 2.48. The van der Waals surface area contributed by atoms with Crippen LogP contribution in [0.3, 0.4) is 0 Å². The first kappa shape index (κ1) is 23.9. The molecule has 6 heteroatoms. The van der Waals surface area contributed by atoms with E-state index in [2.05, 4.69) is 28.4 Å². The number of methoxy groups -OCH3 is 1. The second-order valence-corrected chi connectivity index (χ2v) is 7.80. The van der Waals surface area contributed by atoms with Gasteiger partial charge in [-0.15, -0.1) is 24.8 Å². The minimum absolute atomic E-state index is 0. The van der Waals surface area contributed by atoms with Gasteiger partial charge in [-0.25, -0.2) is 4.39 Å². The molecule has 0 radical (unpaired) electrons. The number of nitrogens with zero attached hydrogens (tertiary/aromatic N) is 1. The van der Waals surface area contributed by atoms with Crippen LogP contribution in [0.25, 0.3) is 0 Å². The van der Waals surface area contributed by atoms with Gasteiger partial charge in [-0.3, -0.25) is 4.90 Å². The highest BCUT2D eigenvalue weighted by atomic mass is 35.5. The van der Waals surface area contributed by atoms with Gasteiger partial charge in [0.2, 0.25) is 0 Å². The largest absolute Gasteiger partial charge is 0.497 e. The first-order valence-corrected chi connectivity index (χ1v) is 10.1. The number of benzene rings is 2. The van der Waals surface area contributed by atoms with Gasteiger partial charge in [0, 0.05) is 31.7 Å². The van der Waals surface area contributed by atoms with Gasteiger partial charge in [0.1, 0.15) is 11.6 Å². The molecule has 0 amide bonds. The number of rotatable bonds is 4. The van der Waals surface area contributed by atoms with Crippen molar-refractivity contribution < 1.29 is 9.13 Å². The Balaban J connectivity index is 0.00000150. The molecule has 0 bridgehead atoms. The van der Waals surface area contributed by atoms with E-state index in [1.807, 2.05) is 18.2 Å². The van der Waals surface area contributed by atoms with Crippen molar-refractivity contribution in [2.45, 2.75) is 37.1 Å². The summed E-state index contributed by atoms with van der Waals surface area (Å²) in [5.41, 5.74) is 2.26. The molecular formula is C23H31Cl2FN2O. The maximum absolute atomic E-state index is 14.3. The highest BCUT2D eigenvalue weighted by molar-refractivity contribution is 5.85. The van der Waals surface area contributed by atoms with Crippen molar-refractivity contribution in [1.29, 1.82) is 0 Å². The molecule has 1 saturated carbocycles. The summed E-state index contributed by atoms with van der Waals surface area (Å²) >= 11 is 0. The molecule has 1 aliphatic carbocycles. The molecule has 1 saturated heterocycles. The quantitative estimate of drug-likeness (QED) is 0.712. The summed E-state index contributed by atoms with van der Waals surface area (Å²) in [6.45, 7) is 4.17. The fraction of sp³-hybridized carbons (Fsp3) is 0.478. The lowest BCUT2D eigenvalue weighted by atomic mass is 9.69. The van der Waals surface area contributed by atoms with E-state index >= 15 is 0 Å². The van der Waals surface area contributed by atoms with E-state index in [-0.39, 0.29) is 36.2 Å². The summed E-state index contributed by atoms with van der Waals surface area (Å²) in [6, 6.07) is 15.8. The second-order valence-electron chi connectivity index (χ2n) is 7.80. The number of piperazine rings is 1. The minimum Gasteiger partial charge on any atom is -0.497 e. The summed E-state index contributed by atoms with van der Waals surface area (Å²) in [6.07, 6.45) is 4.14. The normalized spacial score (nSPS) is 24.8. The van der Waals surface area contributed by atoms with Gasteiger partial charge < -0.3 is 10.1 Å². The Bertz CT molecular complexity index is 775. The molecule has 0 aromatic heterocycles. The first-order valence-electron chi connectivity index (χ1n) is 10.1. The average molecular weight is 441 g/mol. The van der Waals surface area contributed by atoms with E-state index in [1.165, 1.54) is 5.56 Å². The Morgan fingerprint density at radius 1 is 1.00 bits per heavy atom. The van der Waals surface area contributed by atoms with Crippen LogP contribution in [0.2, 0.25) is 0 Å². The van der Waals surface area contributed by atoms with Gasteiger partial charge in [-0.1, -0.05) is 30.3 Å². The van der Waals surface area contributed by atoms with Crippen LogP contribution in [-0.4, -0.2) is 38.2 Å². The molecule has 2 aromatic carbocycles. The molecule has 3 nitrogen and oxygen atoms in total. The van der Waals surface area contributed by atoms with Crippen molar-refractivity contribution in [2.24, 2.45) is 0 Å². The SMILES string of the molecule is COc1cccc(C2(N3CCNCC3)CCC(c3ccccc3F)CC2)c1.Cl.Cl. The molecule has 1 aliphatic heterocycles. The first-order chi connectivity index (χ1) is 13.2. The second kappa shape index (κ2) is 10.6. The predicted octanol–water partition coefficient (Wildman–Crippen LogP) is 5.14. The van der Waals surface area contributed by atoms with Gasteiger partial charge in [-0.2, -0.15) is 0 Å². The number of nitrogens with one attached hydrogen (secondary N) is 1. The summed E-state index contributed by atoms with van der Waals surface area (Å²) in [5, 5.41) is 3.47. The topological polar surface area (TPSA) is 24.5 Å². The van der Waals surface area contributed by atoms with E-state index < -0.39 is 0 Å². The lowest BCUT2D eigenvalue weighted by molar-refractivity contribution is 0.0308. The molecule has 160 valence electrons. The zero-order chi connectivity index (χ0) is 18.7. The Morgan fingerprint density at radius 3 is 2.34 bits per heavy atom. The Hall–Kier alpha value is -1.33. The molecule has 0 spiro atoms. The average Bonchev–Trinajstić information content (AvgIpc) is 2.75. The van der Waals surface area contributed by atoms with E-state index in [4.69, 9.17) is 4.74 Å². The fourth-order valence-electron chi connectivity index (χ4n) is 5.01. The van der Waals surface area contributed by atoms with Crippen molar-refractivity contribution in [1.82, 2.24) is 10.2 Å². The summed E-state index contributed by atoms with van der Waals surface area (Å²) in [4.78, 5) is 2.65. The fourth-order valence-corrected chi connectivity index (χ4v) is 5.01. The molecule has 29 heavy (non-hydrogen) atoms. The Labute approximate surface area is 185 Å². The molecule has 4 rings (SSSR count). The molecule has 1 heterocycles. The van der Waals surface area contributed by atoms with Crippen LogP contribution in [0, 0.1) is 5.82 Å². The predicted molar refractivity (Wildman–Crippen MR) is 121 cm³/mol. The zero-order valence-electron chi connectivity index (χ0n) is 16.9. The third-order valence-electron chi connectivity index (χ3n) is 6.49. The van der Waals surface area contributed by atoms with Crippen LogP contribution < -0.4 is 10.1 Å². The number of hydrogen-bond acceptors (Lipinski definition) is 3. The minimum atomic E-state index is -0.0569. The summed E-state index contributed by atoms with van der Waals surface area (Å²) in [5.74, 6) is 1.17. The Morgan fingerprint density at radius 2 is 1.69 bits per heavy atom. The third kappa shape index (κ3) is 4.88. The van der Waals surface area contributed by atoms with E-state index in [1.54, 1.807) is 19.2 Å². The van der Waals surface area contributed by atoms with Crippen LogP contribution in [0.15, 0.2) is 48.5 Å². The molecule has 1 N–H and O–H groups in total. The van der Waals surface area contributed by atoms with E-state index in [0.717, 1.165) is 63.2 Å². The van der Waals surface area contributed by atoms with Crippen LogP contribution in [0.5, 0.6) is 5.75 Å². The highest BCUT2D eigenvalue weighted by Gasteiger charge is 2.42. The molecular weight excluding hydrogens is 410 g/mol. The lowest BCUT2D eigenvalue weighted by Crippen LogP contribution is -2.55. The molecule has 2 aromatic rings. The van der Waals surface area contributed by atoms with E-state index in [9.17, 15) is 4.39 Å². The van der Waals surface area contributed by atoms with Gasteiger partial charge in [0.25, 0.3) is 0 Å². The molecule has 0 unspecified atom stereocenters. The van der Waals surface area contributed by atoms with Crippen molar-refractivity contribution in [3.8, 4) is 5.75 Å². The van der Waals surface area contributed by atoms with Crippen LogP contribution >= 0.6 is 24.8 Å². The van der Waals surface area contributed by atoms with Crippen molar-refractivity contribution in [3.63, 3.8) is 0 Å². The maximum atomic E-state index is 14.3. The number of halogens is 3. The molecule has 0 atom stereocenters. The van der Waals surface area contributed by atoms with Crippen LogP contribution in [-0.2, 0) is 5.54 Å². The molecule has 2 fully saturated rings. The standard InChI is InChI=1S/C23H29FN2O.2ClH/c1-27-20-6-4-5-19(17-20)23(26-15-13-25-14-16-26)11-9-18(10-12-23)21-7-2-3-8-22(21)24;;/h2-8,17-18,25H,9-16H2,1H3;2*1H. The smallest absolute Gasteiger partial charge is 0.126 e. The van der Waals surface area contributed by atoms with Gasteiger partial charge in [0.15, 0.2) is 0 Å². The van der Waals surface area contributed by atoms with Gasteiger partial charge >= 0.3 is 0 Å². The third-order valence-corrected chi connectivity index (χ3v) is 6.49. The van der Waals surface area contributed by atoms with Crippen LogP contribution in [0.4, 0.5) is 4.39 Å². The lowest BCUT2D eigenvalue weighted by Gasteiger charge is -2.50. The van der Waals surface area contributed by atoms with Gasteiger partial charge in [-0.05, 0) is 60.9 Å². The zero-order valence-corrected chi connectivity index (χ0v) is 18.5.